The Balaban J connectivity index is 0.767. The van der Waals surface area contributed by atoms with Crippen LogP contribution in [-0.2, 0) is 16.6 Å². The van der Waals surface area contributed by atoms with E-state index in [1.54, 1.807) is 24.1 Å². The van der Waals surface area contributed by atoms with Gasteiger partial charge in [-0.05, 0) is 75.0 Å². The first-order valence-corrected chi connectivity index (χ1v) is 21.8. The predicted molar refractivity (Wildman–Crippen MR) is 228 cm³/mol. The summed E-state index contributed by atoms with van der Waals surface area (Å²) in [6.07, 6.45) is 8.00. The van der Waals surface area contributed by atoms with Crippen LogP contribution in [0, 0.1) is 23.7 Å². The van der Waals surface area contributed by atoms with Gasteiger partial charge in [-0.15, -0.1) is 0 Å². The third-order valence-electron chi connectivity index (χ3n) is 13.2. The molecule has 4 fully saturated rings. The number of carbonyl (C=O) groups excluding carboxylic acids is 3. The molecule has 1 saturated carbocycles. The van der Waals surface area contributed by atoms with Crippen LogP contribution in [0.25, 0.3) is 16.7 Å². The van der Waals surface area contributed by atoms with Crippen LogP contribution in [0.4, 0.5) is 20.3 Å². The average molecular weight is 851 g/mol. The number of alkyl halides is 2. The van der Waals surface area contributed by atoms with Gasteiger partial charge < -0.3 is 15.1 Å². The molecule has 7 heterocycles. The van der Waals surface area contributed by atoms with Gasteiger partial charge in [0.15, 0.2) is 11.3 Å². The Hall–Kier alpha value is -5.93. The van der Waals surface area contributed by atoms with Gasteiger partial charge in [0.2, 0.25) is 11.8 Å². The van der Waals surface area contributed by atoms with Gasteiger partial charge in [0, 0.05) is 71.7 Å². The molecule has 3 aliphatic heterocycles. The number of nitrogens with zero attached hydrogens (tertiary/aromatic N) is 10. The Morgan fingerprint density at radius 1 is 0.968 bits per heavy atom. The fraction of sp³-hybridized carbons (Fsp3) is 0.523. The Bertz CT molecular complexity index is 2610. The minimum absolute atomic E-state index is 0.00162. The maximum Gasteiger partial charge on any atom is 0.329 e. The summed E-state index contributed by atoms with van der Waals surface area (Å²) in [5.74, 6) is 7.14. The number of imidazole rings is 1. The second-order valence-electron chi connectivity index (χ2n) is 17.3. The van der Waals surface area contributed by atoms with Crippen molar-refractivity contribution in [3.63, 3.8) is 0 Å². The number of para-hydroxylation sites is 1. The summed E-state index contributed by atoms with van der Waals surface area (Å²) in [6.45, 7) is 9.15. The van der Waals surface area contributed by atoms with Crippen molar-refractivity contribution < 1.29 is 23.2 Å². The topological polar surface area (TPSA) is 160 Å². The first-order valence-electron chi connectivity index (χ1n) is 21.8. The van der Waals surface area contributed by atoms with Gasteiger partial charge in [-0.25, -0.2) is 23.1 Å². The number of benzene rings is 1. The highest BCUT2D eigenvalue weighted by Crippen LogP contribution is 2.36. The minimum atomic E-state index is -2.85. The van der Waals surface area contributed by atoms with Gasteiger partial charge >= 0.3 is 5.69 Å². The largest absolute Gasteiger partial charge is 0.356 e. The maximum atomic E-state index is 14.3. The van der Waals surface area contributed by atoms with Crippen molar-refractivity contribution in [2.24, 2.45) is 18.9 Å². The number of piperidine rings is 2. The van der Waals surface area contributed by atoms with Crippen LogP contribution < -0.4 is 21.2 Å². The number of imide groups is 1. The maximum absolute atomic E-state index is 14.3. The highest BCUT2D eigenvalue weighted by molar-refractivity contribution is 6.08. The Morgan fingerprint density at radius 3 is 2.47 bits per heavy atom. The van der Waals surface area contributed by atoms with Crippen molar-refractivity contribution in [2.45, 2.75) is 76.8 Å². The zero-order valence-corrected chi connectivity index (χ0v) is 35.1. The third-order valence-corrected chi connectivity index (χ3v) is 13.2. The summed E-state index contributed by atoms with van der Waals surface area (Å²) in [7, 11) is 1.68. The van der Waals surface area contributed by atoms with E-state index in [1.165, 1.54) is 19.8 Å². The normalized spacial score (nSPS) is 22.0. The quantitative estimate of drug-likeness (QED) is 0.161. The van der Waals surface area contributed by atoms with Crippen molar-refractivity contribution in [1.29, 1.82) is 0 Å². The van der Waals surface area contributed by atoms with Crippen molar-refractivity contribution in [2.75, 3.05) is 62.6 Å². The Kier molecular flexibility index (Phi) is 11.7. The molecule has 5 aromatic rings. The number of carbonyl (C=O) groups is 3. The number of fused-ring (bicyclic) bond motifs is 2. The number of hydrogen-bond donors (Lipinski definition) is 2. The number of nitrogens with one attached hydrogen (secondary N) is 2. The van der Waals surface area contributed by atoms with Crippen LogP contribution in [0.2, 0.25) is 0 Å². The van der Waals surface area contributed by atoms with E-state index in [9.17, 15) is 28.0 Å². The molecule has 1 unspecified atom stereocenters. The summed E-state index contributed by atoms with van der Waals surface area (Å²) in [5.41, 5.74) is 1.82. The zero-order valence-electron chi connectivity index (χ0n) is 35.1. The van der Waals surface area contributed by atoms with Crippen LogP contribution in [0.1, 0.15) is 98.4 Å². The van der Waals surface area contributed by atoms with Crippen LogP contribution in [-0.4, -0.2) is 113 Å². The molecule has 0 bridgehead atoms. The number of hydrogen-bond acceptors (Lipinski definition) is 10. The molecule has 0 radical (unpaired) electrons. The second-order valence-corrected chi connectivity index (χ2v) is 17.3. The smallest absolute Gasteiger partial charge is 0.329 e. The van der Waals surface area contributed by atoms with Gasteiger partial charge in [0.05, 0.1) is 41.1 Å². The van der Waals surface area contributed by atoms with Crippen LogP contribution in [0.15, 0.2) is 47.7 Å². The first-order chi connectivity index (χ1) is 30.0. The molecule has 1 atom stereocenters. The number of amides is 3. The molecular formula is C44H52F2N12O4. The van der Waals surface area contributed by atoms with E-state index in [4.69, 9.17) is 4.98 Å². The second kappa shape index (κ2) is 17.4. The number of piperazine rings is 1. The van der Waals surface area contributed by atoms with Crippen molar-refractivity contribution in [3.05, 3.63) is 70.2 Å². The van der Waals surface area contributed by atoms with Gasteiger partial charge in [0.1, 0.15) is 17.4 Å². The monoisotopic (exact) mass is 850 g/mol. The Labute approximate surface area is 357 Å². The lowest BCUT2D eigenvalue weighted by atomic mass is 9.85. The van der Waals surface area contributed by atoms with Crippen LogP contribution >= 0.6 is 0 Å². The van der Waals surface area contributed by atoms with Gasteiger partial charge in [0.25, 0.3) is 12.3 Å². The SMILES string of the molecule is CC1CCN(c2ccn3ncc(C(=O)Nc4cn(C5CCC(CN6CCN(CC#Cc7cccc8c7n(C)c(=O)n8C7CCC(=O)NC7=O)CC6)CC5)nc4C(F)F)c3n2)CC1. The molecule has 9 rings (SSSR count). The molecule has 3 amide bonds. The highest BCUT2D eigenvalue weighted by Gasteiger charge is 2.32. The van der Waals surface area contributed by atoms with Gasteiger partial charge in [-0.1, -0.05) is 24.8 Å². The average Bonchev–Trinajstić information content (AvgIpc) is 3.96. The Morgan fingerprint density at radius 2 is 1.73 bits per heavy atom. The van der Waals surface area contributed by atoms with Gasteiger partial charge in [-0.3, -0.25) is 38.4 Å². The van der Waals surface area contributed by atoms with E-state index in [0.717, 1.165) is 90.2 Å². The molecule has 3 saturated heterocycles. The van der Waals surface area contributed by atoms with Crippen molar-refractivity contribution in [3.8, 4) is 11.8 Å². The minimum Gasteiger partial charge on any atom is -0.356 e. The van der Waals surface area contributed by atoms with Crippen LogP contribution in [0.3, 0.4) is 0 Å². The summed E-state index contributed by atoms with van der Waals surface area (Å²) in [5, 5.41) is 13.6. The standard InChI is InChI=1S/C44H52F2N12O4/c1-28-14-18-55(19-15-28)36-16-20-56-41(49-36)32(25-47-56)42(60)48-33-27-57(51-38(33)40(45)46)31-10-8-29(9-11-31)26-54-23-21-53(22-24-54)17-4-6-30-5-3-7-34-39(30)52(2)44(62)58(34)35-12-13-37(59)50-43(35)61/h3,5,7,16,20,25,27-29,31,35,40H,8-15,17-19,21-24,26H2,1-2H3,(H,48,60)(H,50,59,61). The summed E-state index contributed by atoms with van der Waals surface area (Å²) >= 11 is 0. The van der Waals surface area contributed by atoms with Crippen molar-refractivity contribution >= 4 is 45.9 Å². The molecule has 4 aliphatic rings. The summed E-state index contributed by atoms with van der Waals surface area (Å²) < 4.78 is 34.7. The molecule has 0 spiro atoms. The van der Waals surface area contributed by atoms with E-state index < -0.39 is 30.0 Å². The van der Waals surface area contributed by atoms with E-state index in [2.05, 4.69) is 54.3 Å². The van der Waals surface area contributed by atoms with Gasteiger partial charge in [-0.2, -0.15) is 10.2 Å². The lowest BCUT2D eigenvalue weighted by Gasteiger charge is -2.37. The number of aryl methyl sites for hydroxylation is 1. The number of anilines is 2. The molecule has 4 aromatic heterocycles. The third kappa shape index (κ3) is 8.35. The molecule has 16 nitrogen and oxygen atoms in total. The summed E-state index contributed by atoms with van der Waals surface area (Å²) in [4.78, 5) is 62.9. The molecule has 18 heteroatoms. The fourth-order valence-electron chi connectivity index (χ4n) is 9.58. The number of rotatable bonds is 9. The van der Waals surface area contributed by atoms with E-state index >= 15 is 0 Å². The number of halogens is 2. The molecule has 326 valence electrons. The number of aromatic nitrogens is 7. The first kappa shape index (κ1) is 41.4. The lowest BCUT2D eigenvalue weighted by Crippen LogP contribution is -2.48. The molecule has 1 aliphatic carbocycles. The molecule has 1 aromatic carbocycles. The summed E-state index contributed by atoms with van der Waals surface area (Å²) in [6, 6.07) is 6.62. The molecular weight excluding hydrogens is 799 g/mol. The highest BCUT2D eigenvalue weighted by atomic mass is 19.3. The van der Waals surface area contributed by atoms with Crippen LogP contribution in [0.5, 0.6) is 0 Å². The fourth-order valence-corrected chi connectivity index (χ4v) is 9.58. The van der Waals surface area contributed by atoms with Crippen molar-refractivity contribution in [1.82, 2.24) is 48.6 Å². The molecule has 2 N–H and O–H groups in total. The van der Waals surface area contributed by atoms with E-state index in [1.807, 2.05) is 24.3 Å². The lowest BCUT2D eigenvalue weighted by molar-refractivity contribution is -0.135. The molecule has 62 heavy (non-hydrogen) atoms. The predicted octanol–water partition coefficient (Wildman–Crippen LogP) is 4.38. The van der Waals surface area contributed by atoms with E-state index in [0.29, 0.717) is 40.6 Å². The van der Waals surface area contributed by atoms with E-state index in [-0.39, 0.29) is 41.7 Å². The zero-order chi connectivity index (χ0) is 43.1.